The molecule has 0 unspecified atom stereocenters. The molecule has 130 valence electrons. The summed E-state index contributed by atoms with van der Waals surface area (Å²) >= 11 is 0. The van der Waals surface area contributed by atoms with Gasteiger partial charge in [0.15, 0.2) is 11.6 Å². The first-order valence-electron chi connectivity index (χ1n) is 8.54. The van der Waals surface area contributed by atoms with Crippen molar-refractivity contribution < 1.29 is 13.5 Å². The minimum atomic E-state index is -0.940. The molecule has 1 aromatic heterocycles. The average molecular weight is 337 g/mol. The molecule has 2 saturated heterocycles. The average Bonchev–Trinajstić information content (AvgIpc) is 2.91. The zero-order valence-electron chi connectivity index (χ0n) is 13.4. The highest BCUT2D eigenvalue weighted by Crippen LogP contribution is 2.28. The van der Waals surface area contributed by atoms with E-state index >= 15 is 0 Å². The number of halogens is 2. The number of rotatable bonds is 2. The number of ether oxygens (including phenoxy) is 1. The maximum absolute atomic E-state index is 13.6. The Bertz CT molecular complexity index is 787. The van der Waals surface area contributed by atoms with Crippen LogP contribution in [0, 0.1) is 11.6 Å². The summed E-state index contributed by atoms with van der Waals surface area (Å²) in [5.74, 6) is -1.86. The quantitative estimate of drug-likeness (QED) is 0.916. The van der Waals surface area contributed by atoms with E-state index in [0.717, 1.165) is 64.1 Å². The van der Waals surface area contributed by atoms with Crippen LogP contribution >= 0.6 is 0 Å². The van der Waals surface area contributed by atoms with Crippen LogP contribution in [-0.2, 0) is 4.74 Å². The first kappa shape index (κ1) is 15.8. The van der Waals surface area contributed by atoms with Gasteiger partial charge < -0.3 is 14.6 Å². The molecule has 2 aliphatic rings. The van der Waals surface area contributed by atoms with Crippen molar-refractivity contribution in [3.63, 3.8) is 0 Å². The van der Waals surface area contributed by atoms with E-state index in [9.17, 15) is 13.6 Å². The van der Waals surface area contributed by atoms with E-state index in [4.69, 9.17) is 4.74 Å². The van der Waals surface area contributed by atoms with E-state index in [0.29, 0.717) is 17.1 Å². The van der Waals surface area contributed by atoms with Crippen molar-refractivity contribution in [2.45, 2.75) is 37.8 Å². The zero-order valence-corrected chi connectivity index (χ0v) is 13.4. The highest BCUT2D eigenvalue weighted by molar-refractivity contribution is 5.75. The molecule has 24 heavy (non-hydrogen) atoms. The van der Waals surface area contributed by atoms with Gasteiger partial charge in [-0.15, -0.1) is 0 Å². The van der Waals surface area contributed by atoms with Crippen LogP contribution in [-0.4, -0.2) is 46.8 Å². The van der Waals surface area contributed by atoms with Crippen molar-refractivity contribution in [2.75, 3.05) is 26.3 Å². The van der Waals surface area contributed by atoms with Gasteiger partial charge >= 0.3 is 5.69 Å². The SMILES string of the molecule is O=c1[nH]c2cc(F)c(F)cc2n1C1CCN(C2CCOCC2)CC1. The van der Waals surface area contributed by atoms with Gasteiger partial charge in [0.25, 0.3) is 0 Å². The van der Waals surface area contributed by atoms with Crippen LogP contribution in [0.1, 0.15) is 31.7 Å². The molecular weight excluding hydrogens is 316 g/mol. The number of imidazole rings is 1. The number of fused-ring (bicyclic) bond motifs is 1. The van der Waals surface area contributed by atoms with Crippen molar-refractivity contribution in [2.24, 2.45) is 0 Å². The maximum atomic E-state index is 13.6. The molecule has 1 aromatic carbocycles. The Balaban J connectivity index is 1.55. The number of aromatic amines is 1. The molecule has 0 amide bonds. The van der Waals surface area contributed by atoms with Crippen LogP contribution in [0.3, 0.4) is 0 Å². The summed E-state index contributed by atoms with van der Waals surface area (Å²) in [5.41, 5.74) is 0.508. The molecule has 0 spiro atoms. The highest BCUT2D eigenvalue weighted by Gasteiger charge is 2.28. The zero-order chi connectivity index (χ0) is 16.7. The smallest absolute Gasteiger partial charge is 0.326 e. The third kappa shape index (κ3) is 2.75. The number of nitrogens with zero attached hydrogens (tertiary/aromatic N) is 2. The van der Waals surface area contributed by atoms with Crippen LogP contribution in [0.25, 0.3) is 11.0 Å². The van der Waals surface area contributed by atoms with Crippen LogP contribution in [0.4, 0.5) is 8.78 Å². The summed E-state index contributed by atoms with van der Waals surface area (Å²) in [7, 11) is 0. The summed E-state index contributed by atoms with van der Waals surface area (Å²) in [6, 6.07) is 2.76. The summed E-state index contributed by atoms with van der Waals surface area (Å²) in [4.78, 5) is 17.4. The molecule has 2 aromatic rings. The van der Waals surface area contributed by atoms with Crippen molar-refractivity contribution in [1.82, 2.24) is 14.5 Å². The standard InChI is InChI=1S/C17H21F2N3O2/c18-13-9-15-16(10-14(13)19)22(17(23)20-15)12-1-5-21(6-2-12)11-3-7-24-8-4-11/h9-12H,1-8H2,(H,20,23). The molecule has 0 aliphatic carbocycles. The second-order valence-electron chi connectivity index (χ2n) is 6.69. The number of aromatic nitrogens is 2. The van der Waals surface area contributed by atoms with Gasteiger partial charge in [0.05, 0.1) is 11.0 Å². The number of benzene rings is 1. The Kier molecular flexibility index (Phi) is 4.14. The lowest BCUT2D eigenvalue weighted by Crippen LogP contribution is -2.45. The lowest BCUT2D eigenvalue weighted by molar-refractivity contribution is 0.0220. The maximum Gasteiger partial charge on any atom is 0.326 e. The van der Waals surface area contributed by atoms with Gasteiger partial charge in [-0.3, -0.25) is 4.57 Å². The molecule has 0 saturated carbocycles. The van der Waals surface area contributed by atoms with Gasteiger partial charge in [-0.05, 0) is 25.7 Å². The lowest BCUT2D eigenvalue weighted by Gasteiger charge is -2.39. The minimum absolute atomic E-state index is 0.0206. The Labute approximate surface area is 138 Å². The monoisotopic (exact) mass is 337 g/mol. The van der Waals surface area contributed by atoms with Gasteiger partial charge in [-0.1, -0.05) is 0 Å². The van der Waals surface area contributed by atoms with Crippen molar-refractivity contribution in [3.05, 3.63) is 34.3 Å². The van der Waals surface area contributed by atoms with E-state index in [-0.39, 0.29) is 11.7 Å². The van der Waals surface area contributed by atoms with E-state index in [1.165, 1.54) is 0 Å². The second kappa shape index (κ2) is 6.29. The largest absolute Gasteiger partial charge is 0.381 e. The van der Waals surface area contributed by atoms with Crippen LogP contribution in [0.5, 0.6) is 0 Å². The first-order valence-corrected chi connectivity index (χ1v) is 8.54. The van der Waals surface area contributed by atoms with Gasteiger partial charge in [0, 0.05) is 50.5 Å². The summed E-state index contributed by atoms with van der Waals surface area (Å²) in [5, 5.41) is 0. The molecule has 3 heterocycles. The Morgan fingerprint density at radius 1 is 1.00 bits per heavy atom. The van der Waals surface area contributed by atoms with Gasteiger partial charge in [0.1, 0.15) is 0 Å². The number of hydrogen-bond donors (Lipinski definition) is 1. The normalized spacial score (nSPS) is 21.6. The fourth-order valence-electron chi connectivity index (χ4n) is 4.04. The molecule has 0 bridgehead atoms. The second-order valence-corrected chi connectivity index (χ2v) is 6.69. The molecule has 0 atom stereocenters. The molecule has 7 heteroatoms. The lowest BCUT2D eigenvalue weighted by atomic mass is 9.99. The van der Waals surface area contributed by atoms with E-state index in [1.807, 2.05) is 0 Å². The number of nitrogens with one attached hydrogen (secondary N) is 1. The summed E-state index contributed by atoms with van der Waals surface area (Å²) < 4.78 is 34.0. The summed E-state index contributed by atoms with van der Waals surface area (Å²) in [6.07, 6.45) is 3.79. The third-order valence-corrected chi connectivity index (χ3v) is 5.33. The van der Waals surface area contributed by atoms with Gasteiger partial charge in [0.2, 0.25) is 0 Å². The highest BCUT2D eigenvalue weighted by atomic mass is 19.2. The molecule has 5 nitrogen and oxygen atoms in total. The Morgan fingerprint density at radius 3 is 2.38 bits per heavy atom. The topological polar surface area (TPSA) is 50.3 Å². The van der Waals surface area contributed by atoms with Gasteiger partial charge in [-0.2, -0.15) is 0 Å². The number of H-pyrrole nitrogens is 1. The molecule has 0 radical (unpaired) electrons. The third-order valence-electron chi connectivity index (χ3n) is 5.33. The predicted molar refractivity (Wildman–Crippen MR) is 86.2 cm³/mol. The van der Waals surface area contributed by atoms with E-state index < -0.39 is 11.6 Å². The molecular formula is C17H21F2N3O2. The Morgan fingerprint density at radius 2 is 1.67 bits per heavy atom. The van der Waals surface area contributed by atoms with E-state index in [2.05, 4.69) is 9.88 Å². The number of hydrogen-bond acceptors (Lipinski definition) is 3. The fraction of sp³-hybridized carbons (Fsp3) is 0.588. The number of piperidine rings is 1. The predicted octanol–water partition coefficient (Wildman–Crippen LogP) is 2.42. The molecule has 4 rings (SSSR count). The van der Waals surface area contributed by atoms with Crippen LogP contribution < -0.4 is 5.69 Å². The van der Waals surface area contributed by atoms with Crippen molar-refractivity contribution in [1.29, 1.82) is 0 Å². The first-order chi connectivity index (χ1) is 11.6. The molecule has 1 N–H and O–H groups in total. The molecule has 2 aliphatic heterocycles. The van der Waals surface area contributed by atoms with Crippen LogP contribution in [0.15, 0.2) is 16.9 Å². The Hall–Kier alpha value is -1.73. The van der Waals surface area contributed by atoms with E-state index in [1.54, 1.807) is 4.57 Å². The summed E-state index contributed by atoms with van der Waals surface area (Å²) in [6.45, 7) is 3.46. The van der Waals surface area contributed by atoms with Crippen molar-refractivity contribution >= 4 is 11.0 Å². The fourth-order valence-corrected chi connectivity index (χ4v) is 4.04. The van der Waals surface area contributed by atoms with Gasteiger partial charge in [-0.25, -0.2) is 13.6 Å². The number of likely N-dealkylation sites (tertiary alicyclic amines) is 1. The molecule has 2 fully saturated rings. The van der Waals surface area contributed by atoms with Crippen LogP contribution in [0.2, 0.25) is 0 Å². The minimum Gasteiger partial charge on any atom is -0.381 e. The van der Waals surface area contributed by atoms with Crippen molar-refractivity contribution in [3.8, 4) is 0 Å².